The zero-order valence-electron chi connectivity index (χ0n) is 8.53. The maximum absolute atomic E-state index is 10.8. The van der Waals surface area contributed by atoms with Gasteiger partial charge in [0.25, 0.3) is 0 Å². The van der Waals surface area contributed by atoms with E-state index in [1.165, 1.54) is 18.3 Å². The van der Waals surface area contributed by atoms with Crippen molar-refractivity contribution < 1.29 is 14.7 Å². The maximum atomic E-state index is 10.8. The van der Waals surface area contributed by atoms with Crippen molar-refractivity contribution in [3.8, 4) is 0 Å². The third-order valence-electron chi connectivity index (χ3n) is 1.74. The lowest BCUT2D eigenvalue weighted by Gasteiger charge is -1.93. The lowest BCUT2D eigenvalue weighted by Crippen LogP contribution is -2.04. The molecule has 1 heterocycles. The highest BCUT2D eigenvalue weighted by atomic mass is 32.1. The van der Waals surface area contributed by atoms with Crippen LogP contribution in [0.1, 0.15) is 23.9 Å². The van der Waals surface area contributed by atoms with Gasteiger partial charge in [0, 0.05) is 11.8 Å². The molecular formula is C9H12N2O3S. The molecule has 0 fully saturated rings. The van der Waals surface area contributed by atoms with Crippen LogP contribution < -0.4 is 5.32 Å². The van der Waals surface area contributed by atoms with E-state index in [4.69, 9.17) is 5.11 Å². The number of aliphatic carboxylic acids is 1. The van der Waals surface area contributed by atoms with Crippen LogP contribution in [-0.4, -0.2) is 22.0 Å². The summed E-state index contributed by atoms with van der Waals surface area (Å²) >= 11 is 1.32. The number of anilines is 1. The number of hydrogen-bond acceptors (Lipinski definition) is 4. The van der Waals surface area contributed by atoms with Crippen LogP contribution in [0.25, 0.3) is 0 Å². The van der Waals surface area contributed by atoms with Crippen molar-refractivity contribution in [3.63, 3.8) is 0 Å². The first-order chi connectivity index (χ1) is 6.99. The molecule has 0 saturated carbocycles. The molecule has 1 amide bonds. The van der Waals surface area contributed by atoms with E-state index >= 15 is 0 Å². The van der Waals surface area contributed by atoms with Gasteiger partial charge in [-0.3, -0.25) is 9.59 Å². The maximum Gasteiger partial charge on any atom is 0.303 e. The van der Waals surface area contributed by atoms with E-state index in [9.17, 15) is 9.59 Å². The second kappa shape index (κ2) is 4.88. The number of amides is 1. The molecule has 0 saturated heterocycles. The molecule has 1 aromatic heterocycles. The summed E-state index contributed by atoms with van der Waals surface area (Å²) in [5, 5.41) is 11.6. The number of carbonyl (C=O) groups is 2. The van der Waals surface area contributed by atoms with Gasteiger partial charge in [-0.2, -0.15) is 0 Å². The van der Waals surface area contributed by atoms with Crippen molar-refractivity contribution >= 4 is 28.3 Å². The summed E-state index contributed by atoms with van der Waals surface area (Å²) in [4.78, 5) is 26.2. The van der Waals surface area contributed by atoms with Crippen LogP contribution in [0.3, 0.4) is 0 Å². The predicted molar refractivity (Wildman–Crippen MR) is 57.1 cm³/mol. The second-order valence-electron chi connectivity index (χ2n) is 3.10. The third-order valence-corrected chi connectivity index (χ3v) is 2.87. The van der Waals surface area contributed by atoms with Gasteiger partial charge in [-0.1, -0.05) is 0 Å². The summed E-state index contributed by atoms with van der Waals surface area (Å²) in [6.07, 6.45) is 0.543. The van der Waals surface area contributed by atoms with Crippen LogP contribution in [0.2, 0.25) is 0 Å². The highest BCUT2D eigenvalue weighted by Crippen LogP contribution is 2.23. The molecule has 0 spiro atoms. The third kappa shape index (κ3) is 3.67. The molecule has 0 radical (unpaired) electrons. The molecule has 2 N–H and O–H groups in total. The van der Waals surface area contributed by atoms with Gasteiger partial charge in [0.15, 0.2) is 5.13 Å². The van der Waals surface area contributed by atoms with E-state index in [0.29, 0.717) is 11.6 Å². The largest absolute Gasteiger partial charge is 0.481 e. The Balaban J connectivity index is 2.68. The number of nitrogens with zero attached hydrogens (tertiary/aromatic N) is 1. The minimum Gasteiger partial charge on any atom is -0.481 e. The van der Waals surface area contributed by atoms with Crippen molar-refractivity contribution in [3.05, 3.63) is 10.6 Å². The summed E-state index contributed by atoms with van der Waals surface area (Å²) in [6.45, 7) is 3.21. The van der Waals surface area contributed by atoms with E-state index in [2.05, 4.69) is 10.3 Å². The number of nitrogens with one attached hydrogen (secondary N) is 1. The average Bonchev–Trinajstić information content (AvgIpc) is 2.41. The summed E-state index contributed by atoms with van der Waals surface area (Å²) in [6, 6.07) is 0. The Morgan fingerprint density at radius 3 is 2.73 bits per heavy atom. The molecule has 0 aliphatic carbocycles. The number of thiazole rings is 1. The summed E-state index contributed by atoms with van der Waals surface area (Å²) in [5.74, 6) is -1.00. The Bertz CT molecular complexity index is 387. The van der Waals surface area contributed by atoms with Crippen LogP contribution in [0.15, 0.2) is 0 Å². The predicted octanol–water partition coefficient (Wildman–Crippen LogP) is 1.43. The first-order valence-electron chi connectivity index (χ1n) is 4.44. The molecule has 6 heteroatoms. The molecule has 0 aliphatic rings. The quantitative estimate of drug-likeness (QED) is 0.817. The number of carboxylic acids is 1. The van der Waals surface area contributed by atoms with Crippen molar-refractivity contribution in [2.24, 2.45) is 0 Å². The van der Waals surface area contributed by atoms with Gasteiger partial charge < -0.3 is 10.4 Å². The zero-order chi connectivity index (χ0) is 11.4. The first-order valence-corrected chi connectivity index (χ1v) is 5.26. The Morgan fingerprint density at radius 2 is 2.20 bits per heavy atom. The van der Waals surface area contributed by atoms with Crippen molar-refractivity contribution in [2.45, 2.75) is 26.7 Å². The molecule has 5 nitrogen and oxygen atoms in total. The van der Waals surface area contributed by atoms with Gasteiger partial charge in [-0.25, -0.2) is 4.98 Å². The van der Waals surface area contributed by atoms with E-state index in [1.54, 1.807) is 6.92 Å². The molecule has 0 aromatic carbocycles. The van der Waals surface area contributed by atoms with E-state index in [1.807, 2.05) is 0 Å². The van der Waals surface area contributed by atoms with Crippen LogP contribution in [0.5, 0.6) is 0 Å². The Kier molecular flexibility index (Phi) is 3.79. The van der Waals surface area contributed by atoms with E-state index < -0.39 is 5.97 Å². The Labute approximate surface area is 91.1 Å². The number of aryl methyl sites for hydroxylation is 2. The molecule has 0 atom stereocenters. The molecule has 1 aromatic rings. The first kappa shape index (κ1) is 11.6. The number of rotatable bonds is 4. The molecule has 15 heavy (non-hydrogen) atoms. The Hall–Kier alpha value is -1.43. The lowest BCUT2D eigenvalue weighted by molar-refractivity contribution is -0.136. The van der Waals surface area contributed by atoms with Crippen LogP contribution in [0.4, 0.5) is 5.13 Å². The molecule has 82 valence electrons. The summed E-state index contributed by atoms with van der Waals surface area (Å²) < 4.78 is 0. The number of carbonyl (C=O) groups excluding carboxylic acids is 1. The topological polar surface area (TPSA) is 79.3 Å². The fourth-order valence-electron chi connectivity index (χ4n) is 1.08. The van der Waals surface area contributed by atoms with Crippen LogP contribution >= 0.6 is 11.3 Å². The van der Waals surface area contributed by atoms with Crippen molar-refractivity contribution in [2.75, 3.05) is 5.32 Å². The zero-order valence-corrected chi connectivity index (χ0v) is 9.35. The van der Waals surface area contributed by atoms with Crippen molar-refractivity contribution in [1.29, 1.82) is 0 Å². The highest BCUT2D eigenvalue weighted by molar-refractivity contribution is 7.15. The van der Waals surface area contributed by atoms with Gasteiger partial charge in [-0.15, -0.1) is 11.3 Å². The van der Waals surface area contributed by atoms with Gasteiger partial charge in [-0.05, 0) is 13.3 Å². The van der Waals surface area contributed by atoms with Gasteiger partial charge in [0.2, 0.25) is 5.91 Å². The fourth-order valence-corrected chi connectivity index (χ4v) is 2.09. The number of aromatic nitrogens is 1. The average molecular weight is 228 g/mol. The van der Waals surface area contributed by atoms with E-state index in [0.717, 1.165) is 10.6 Å². The van der Waals surface area contributed by atoms with E-state index in [-0.39, 0.29) is 12.3 Å². The Morgan fingerprint density at radius 1 is 1.53 bits per heavy atom. The smallest absolute Gasteiger partial charge is 0.303 e. The van der Waals surface area contributed by atoms with Gasteiger partial charge >= 0.3 is 5.97 Å². The standard InChI is InChI=1S/C9H12N2O3S/c1-5-7(3-4-8(13)14)15-9(10-5)11-6(2)12/h3-4H2,1-2H3,(H,13,14)(H,10,11,12). The summed E-state index contributed by atoms with van der Waals surface area (Å²) in [5.41, 5.74) is 0.782. The van der Waals surface area contributed by atoms with Gasteiger partial charge in [0.05, 0.1) is 12.1 Å². The number of carboxylic acid groups (broad SMARTS) is 1. The lowest BCUT2D eigenvalue weighted by atomic mass is 10.2. The fraction of sp³-hybridized carbons (Fsp3) is 0.444. The SMILES string of the molecule is CC(=O)Nc1nc(C)c(CCC(=O)O)s1. The second-order valence-corrected chi connectivity index (χ2v) is 4.19. The van der Waals surface area contributed by atoms with Crippen molar-refractivity contribution in [1.82, 2.24) is 4.98 Å². The highest BCUT2D eigenvalue weighted by Gasteiger charge is 2.09. The minimum atomic E-state index is -0.830. The molecular weight excluding hydrogens is 216 g/mol. The monoisotopic (exact) mass is 228 g/mol. The van der Waals surface area contributed by atoms with Crippen LogP contribution in [0, 0.1) is 6.92 Å². The molecule has 0 unspecified atom stereocenters. The number of hydrogen-bond donors (Lipinski definition) is 2. The molecule has 1 rings (SSSR count). The normalized spacial score (nSPS) is 10.0. The molecule has 0 bridgehead atoms. The molecule has 0 aliphatic heterocycles. The minimum absolute atomic E-state index is 0.0859. The van der Waals surface area contributed by atoms with Crippen LogP contribution in [-0.2, 0) is 16.0 Å². The van der Waals surface area contributed by atoms with Gasteiger partial charge in [0.1, 0.15) is 0 Å². The summed E-state index contributed by atoms with van der Waals surface area (Å²) in [7, 11) is 0.